The van der Waals surface area contributed by atoms with E-state index in [0.29, 0.717) is 5.56 Å². The van der Waals surface area contributed by atoms with Crippen molar-refractivity contribution in [1.82, 2.24) is 14.5 Å². The van der Waals surface area contributed by atoms with Crippen molar-refractivity contribution in [3.05, 3.63) is 62.4 Å². The van der Waals surface area contributed by atoms with Crippen molar-refractivity contribution in [2.45, 2.75) is 26.3 Å². The number of nitrogens with zero attached hydrogens (tertiary/aromatic N) is 3. The summed E-state index contributed by atoms with van der Waals surface area (Å²) in [6.45, 7) is 3.47. The minimum atomic E-state index is -2.92. The highest BCUT2D eigenvalue weighted by atomic mass is 35.5. The minimum absolute atomic E-state index is 0.0216. The molecule has 7 nitrogen and oxygen atoms in total. The Morgan fingerprint density at radius 1 is 1.28 bits per heavy atom. The second kappa shape index (κ2) is 7.75. The molecule has 3 rings (SSSR count). The smallest absolute Gasteiger partial charge is 0.356 e. The molecular weight excluding hydrogens is 406 g/mol. The number of pyridine rings is 1. The van der Waals surface area contributed by atoms with Gasteiger partial charge in [0, 0.05) is 12.6 Å². The topological polar surface area (TPSA) is 97.1 Å². The lowest BCUT2D eigenvalue weighted by Gasteiger charge is -2.20. The Morgan fingerprint density at radius 2 is 1.97 bits per heavy atom. The number of fused-ring (bicyclic) bond motifs is 1. The van der Waals surface area contributed by atoms with Gasteiger partial charge in [-0.2, -0.15) is 0 Å². The van der Waals surface area contributed by atoms with E-state index in [2.05, 4.69) is 15.3 Å². The van der Waals surface area contributed by atoms with E-state index in [0.717, 1.165) is 10.1 Å². The van der Waals surface area contributed by atoms with Gasteiger partial charge in [-0.3, -0.25) is 9.36 Å². The first-order valence-corrected chi connectivity index (χ1v) is 8.93. The summed E-state index contributed by atoms with van der Waals surface area (Å²) in [7, 11) is 1.25. The molecule has 2 heterocycles. The number of carbonyl (C=O) groups is 1. The fourth-order valence-corrected chi connectivity index (χ4v) is 3.27. The molecule has 29 heavy (non-hydrogen) atoms. The number of aryl methyl sites for hydroxylation is 1. The molecule has 0 unspecified atom stereocenters. The Hall–Kier alpha value is -3.07. The number of hydrogen-bond acceptors (Lipinski definition) is 5. The predicted molar refractivity (Wildman–Crippen MR) is 105 cm³/mol. The molecule has 152 valence electrons. The molecule has 0 aliphatic carbocycles. The normalized spacial score (nSPS) is 12.4. The second-order valence-corrected chi connectivity index (χ2v) is 6.97. The van der Waals surface area contributed by atoms with Gasteiger partial charge in [-0.1, -0.05) is 17.7 Å². The van der Waals surface area contributed by atoms with Crippen LogP contribution < -0.4 is 10.9 Å². The third kappa shape index (κ3) is 3.91. The lowest BCUT2D eigenvalue weighted by atomic mass is 10.0. The zero-order valence-electron chi connectivity index (χ0n) is 15.7. The lowest BCUT2D eigenvalue weighted by Crippen LogP contribution is -2.24. The molecule has 10 heteroatoms. The van der Waals surface area contributed by atoms with Crippen molar-refractivity contribution in [1.29, 1.82) is 0 Å². The molecular formula is C19H17ClF2N4O3. The third-order valence-corrected chi connectivity index (χ3v) is 4.70. The highest BCUT2D eigenvalue weighted by molar-refractivity contribution is 6.29. The van der Waals surface area contributed by atoms with Gasteiger partial charge in [-0.15, -0.1) is 0 Å². The van der Waals surface area contributed by atoms with Crippen LogP contribution in [0.3, 0.4) is 0 Å². The van der Waals surface area contributed by atoms with Crippen LogP contribution in [0.5, 0.6) is 0 Å². The van der Waals surface area contributed by atoms with Crippen LogP contribution in [0, 0.1) is 6.92 Å². The van der Waals surface area contributed by atoms with E-state index in [1.165, 1.54) is 19.2 Å². The van der Waals surface area contributed by atoms with Crippen molar-refractivity contribution in [3.63, 3.8) is 0 Å². The quantitative estimate of drug-likeness (QED) is 0.601. The maximum atomic E-state index is 13.4. The number of hydrogen-bond donors (Lipinski definition) is 2. The maximum Gasteiger partial charge on any atom is 0.356 e. The summed E-state index contributed by atoms with van der Waals surface area (Å²) in [6.07, 6.45) is -2.92. The van der Waals surface area contributed by atoms with E-state index in [1.807, 2.05) is 0 Å². The van der Waals surface area contributed by atoms with Crippen LogP contribution in [0.2, 0.25) is 5.15 Å². The van der Waals surface area contributed by atoms with Crippen LogP contribution in [0.25, 0.3) is 10.9 Å². The Balaban J connectivity index is 2.17. The van der Waals surface area contributed by atoms with Gasteiger partial charge < -0.3 is 10.4 Å². The van der Waals surface area contributed by atoms with Crippen molar-refractivity contribution in [2.75, 3.05) is 5.32 Å². The monoisotopic (exact) mass is 422 g/mol. The van der Waals surface area contributed by atoms with Crippen LogP contribution in [0.1, 0.15) is 46.8 Å². The van der Waals surface area contributed by atoms with Crippen LogP contribution in [-0.2, 0) is 7.05 Å². The van der Waals surface area contributed by atoms with E-state index >= 15 is 0 Å². The molecule has 0 radical (unpaired) electrons. The largest absolute Gasteiger partial charge is 0.476 e. The lowest BCUT2D eigenvalue weighted by molar-refractivity contribution is 0.0691. The maximum absolute atomic E-state index is 13.4. The summed E-state index contributed by atoms with van der Waals surface area (Å²) in [4.78, 5) is 31.9. The first-order chi connectivity index (χ1) is 13.6. The summed E-state index contributed by atoms with van der Waals surface area (Å²) < 4.78 is 27.5. The number of nitrogens with one attached hydrogen (secondary N) is 1. The van der Waals surface area contributed by atoms with Crippen molar-refractivity contribution in [2.24, 2.45) is 7.05 Å². The van der Waals surface area contributed by atoms with E-state index in [4.69, 9.17) is 11.6 Å². The molecule has 3 aromatic rings. The van der Waals surface area contributed by atoms with Gasteiger partial charge in [0.05, 0.1) is 22.6 Å². The van der Waals surface area contributed by atoms with Crippen molar-refractivity contribution < 1.29 is 18.7 Å². The Bertz CT molecular complexity index is 1180. The van der Waals surface area contributed by atoms with Gasteiger partial charge >= 0.3 is 5.97 Å². The highest BCUT2D eigenvalue weighted by Crippen LogP contribution is 2.29. The summed E-state index contributed by atoms with van der Waals surface area (Å²) in [5.41, 5.74) is 0.679. The number of aromatic carboxylic acids is 1. The molecule has 0 bridgehead atoms. The molecule has 2 N–H and O–H groups in total. The van der Waals surface area contributed by atoms with Gasteiger partial charge in [0.2, 0.25) is 0 Å². The van der Waals surface area contributed by atoms with Crippen LogP contribution in [-0.4, -0.2) is 25.6 Å². The number of carboxylic acid groups (broad SMARTS) is 1. The summed E-state index contributed by atoms with van der Waals surface area (Å²) >= 11 is 5.77. The number of benzene rings is 1. The molecule has 0 fully saturated rings. The Labute approximate surface area is 169 Å². The summed E-state index contributed by atoms with van der Waals surface area (Å²) in [6, 6.07) is 5.63. The van der Waals surface area contributed by atoms with E-state index in [1.54, 1.807) is 26.0 Å². The Morgan fingerprint density at radius 3 is 2.59 bits per heavy atom. The first-order valence-electron chi connectivity index (χ1n) is 8.55. The standard InChI is InChI=1S/C19H17ClF2N4O3/c1-8-6-10(9(2)23-12-4-5-13(20)24-15(12)19(28)29)14-11(7-8)18(27)26(3)17(25-14)16(21)22/h4-7,9,16,23H,1-3H3,(H,28,29)/t9-/m1/s1. The highest BCUT2D eigenvalue weighted by Gasteiger charge is 2.22. The van der Waals surface area contributed by atoms with E-state index < -0.39 is 29.8 Å². The van der Waals surface area contributed by atoms with Crippen LogP contribution in [0.15, 0.2) is 29.1 Å². The fourth-order valence-electron chi connectivity index (χ4n) is 3.12. The molecule has 2 aromatic heterocycles. The zero-order valence-corrected chi connectivity index (χ0v) is 16.5. The third-order valence-electron chi connectivity index (χ3n) is 4.49. The van der Waals surface area contributed by atoms with Gasteiger partial charge in [-0.25, -0.2) is 23.5 Å². The van der Waals surface area contributed by atoms with Gasteiger partial charge in [-0.05, 0) is 37.6 Å². The van der Waals surface area contributed by atoms with Crippen molar-refractivity contribution in [3.8, 4) is 0 Å². The molecule has 0 saturated heterocycles. The second-order valence-electron chi connectivity index (χ2n) is 6.59. The van der Waals surface area contributed by atoms with Gasteiger partial charge in [0.1, 0.15) is 5.15 Å². The molecule has 0 saturated carbocycles. The van der Waals surface area contributed by atoms with Crippen LogP contribution in [0.4, 0.5) is 14.5 Å². The fraction of sp³-hybridized carbons (Fsp3) is 0.263. The number of aromatic nitrogens is 3. The number of carboxylic acids is 1. The van der Waals surface area contributed by atoms with E-state index in [-0.39, 0.29) is 27.4 Å². The van der Waals surface area contributed by atoms with Crippen molar-refractivity contribution >= 4 is 34.2 Å². The number of rotatable bonds is 5. The average molecular weight is 423 g/mol. The SMILES string of the molecule is Cc1cc([C@@H](C)Nc2ccc(Cl)nc2C(=O)O)c2nc(C(F)F)n(C)c(=O)c2c1. The number of halogens is 3. The Kier molecular flexibility index (Phi) is 5.52. The zero-order chi connectivity index (χ0) is 21.5. The molecule has 0 aliphatic rings. The van der Waals surface area contributed by atoms with E-state index in [9.17, 15) is 23.5 Å². The first kappa shape index (κ1) is 20.7. The summed E-state index contributed by atoms with van der Waals surface area (Å²) in [5.74, 6) is -1.91. The summed E-state index contributed by atoms with van der Waals surface area (Å²) in [5, 5.41) is 12.6. The number of anilines is 1. The average Bonchev–Trinajstić information content (AvgIpc) is 2.65. The molecule has 1 atom stereocenters. The molecule has 0 aliphatic heterocycles. The van der Waals surface area contributed by atoms with Gasteiger partial charge in [0.25, 0.3) is 12.0 Å². The number of alkyl halides is 2. The van der Waals surface area contributed by atoms with Crippen LogP contribution >= 0.6 is 11.6 Å². The van der Waals surface area contributed by atoms with Gasteiger partial charge in [0.15, 0.2) is 11.5 Å². The molecule has 0 amide bonds. The minimum Gasteiger partial charge on any atom is -0.476 e. The predicted octanol–water partition coefficient (Wildman–Crippen LogP) is 4.10. The molecule has 0 spiro atoms. The molecule has 1 aromatic carbocycles.